The quantitative estimate of drug-likeness (QED) is 0.161. The van der Waals surface area contributed by atoms with E-state index in [4.69, 9.17) is 9.47 Å². The summed E-state index contributed by atoms with van der Waals surface area (Å²) < 4.78 is 11.6. The molecule has 42 heavy (non-hydrogen) atoms. The number of aliphatic hydroxyl groups is 2. The van der Waals surface area contributed by atoms with Crippen LogP contribution in [0.1, 0.15) is 121 Å². The Balaban J connectivity index is 1.75. The molecule has 0 amide bonds. The van der Waals surface area contributed by atoms with Crippen LogP contribution < -0.4 is 10.6 Å². The topological polar surface area (TPSA) is 89.5 Å². The lowest BCUT2D eigenvalue weighted by molar-refractivity contribution is -0.0401. The van der Waals surface area contributed by atoms with Crippen molar-refractivity contribution in [1.82, 2.24) is 20.4 Å². The maximum Gasteiger partial charge on any atom is 0.0900 e. The molecule has 0 aromatic carbocycles. The van der Waals surface area contributed by atoms with E-state index in [0.29, 0.717) is 51.6 Å². The normalized spacial score (nSPS) is 23.9. The van der Waals surface area contributed by atoms with E-state index in [1.54, 1.807) is 0 Å². The molecule has 2 aliphatic heterocycles. The summed E-state index contributed by atoms with van der Waals surface area (Å²) in [5.41, 5.74) is 0.310. The van der Waals surface area contributed by atoms with Gasteiger partial charge in [-0.1, -0.05) is 26.7 Å². The van der Waals surface area contributed by atoms with Gasteiger partial charge in [0.1, 0.15) is 0 Å². The lowest BCUT2D eigenvalue weighted by atomic mass is 9.79. The molecule has 2 fully saturated rings. The molecule has 2 unspecified atom stereocenters. The van der Waals surface area contributed by atoms with Crippen LogP contribution in [0.25, 0.3) is 0 Å². The second-order valence-corrected chi connectivity index (χ2v) is 16.1. The van der Waals surface area contributed by atoms with Crippen LogP contribution in [-0.2, 0) is 9.47 Å². The predicted octanol–water partition coefficient (Wildman–Crippen LogP) is 4.56. The van der Waals surface area contributed by atoms with Gasteiger partial charge in [0.25, 0.3) is 0 Å². The zero-order valence-electron chi connectivity index (χ0n) is 29.2. The smallest absolute Gasteiger partial charge is 0.0900 e. The molecule has 8 nitrogen and oxygen atoms in total. The highest BCUT2D eigenvalue weighted by molar-refractivity contribution is 5.01. The third kappa shape index (κ3) is 14.2. The first-order chi connectivity index (χ1) is 19.5. The summed E-state index contributed by atoms with van der Waals surface area (Å²) in [5, 5.41) is 29.3. The minimum Gasteiger partial charge on any atom is -0.389 e. The largest absolute Gasteiger partial charge is 0.389 e. The summed E-state index contributed by atoms with van der Waals surface area (Å²) in [6.07, 6.45) is 7.82. The Bertz CT molecular complexity index is 666. The van der Waals surface area contributed by atoms with Crippen LogP contribution in [0.3, 0.4) is 0 Å². The Morgan fingerprint density at radius 3 is 1.21 bits per heavy atom. The van der Waals surface area contributed by atoms with Crippen LogP contribution in [0.5, 0.6) is 0 Å². The van der Waals surface area contributed by atoms with Gasteiger partial charge < -0.3 is 30.3 Å². The lowest BCUT2D eigenvalue weighted by Crippen LogP contribution is -2.62. The molecular formula is C34H70N4O4. The first kappa shape index (κ1) is 37.9. The van der Waals surface area contributed by atoms with E-state index in [2.05, 4.69) is 89.7 Å². The molecule has 250 valence electrons. The van der Waals surface area contributed by atoms with Crippen molar-refractivity contribution in [2.75, 3.05) is 52.6 Å². The summed E-state index contributed by atoms with van der Waals surface area (Å²) in [6.45, 7) is 27.5. The van der Waals surface area contributed by atoms with Gasteiger partial charge >= 0.3 is 0 Å². The SMILES string of the molecule is CCCCN(CC(O)COCCOCC(O)CN(CCCC)C1CC(C)(C)NC(C)(C)C1)C1CC(C)(C)NC(C)(C)C1. The van der Waals surface area contributed by atoms with E-state index in [1.165, 1.54) is 0 Å². The number of rotatable bonds is 19. The molecule has 0 saturated carbocycles. The monoisotopic (exact) mass is 599 g/mol. The Morgan fingerprint density at radius 2 is 0.929 bits per heavy atom. The summed E-state index contributed by atoms with van der Waals surface area (Å²) in [7, 11) is 0. The standard InChI is InChI=1S/C34H70N4O4/c1-11-13-15-37(27-19-31(3,4)35-32(5,6)20-27)23-29(39)25-41-17-18-42-26-30(40)24-38(16-14-12-2)28-21-33(7,8)36-34(9,10)22-28/h27-30,35-36,39-40H,11-26H2,1-10H3. The number of piperidine rings is 2. The van der Waals surface area contributed by atoms with Gasteiger partial charge in [-0.2, -0.15) is 0 Å². The van der Waals surface area contributed by atoms with E-state index < -0.39 is 12.2 Å². The van der Waals surface area contributed by atoms with Crippen molar-refractivity contribution in [2.45, 2.75) is 167 Å². The molecular weight excluding hydrogens is 528 g/mol. The van der Waals surface area contributed by atoms with E-state index >= 15 is 0 Å². The molecule has 2 atom stereocenters. The number of nitrogens with one attached hydrogen (secondary N) is 2. The molecule has 4 N–H and O–H groups in total. The highest BCUT2D eigenvalue weighted by Crippen LogP contribution is 2.33. The highest BCUT2D eigenvalue weighted by Gasteiger charge is 2.41. The van der Waals surface area contributed by atoms with E-state index in [-0.39, 0.29) is 22.2 Å². The first-order valence-electron chi connectivity index (χ1n) is 17.0. The van der Waals surface area contributed by atoms with Crippen molar-refractivity contribution in [3.05, 3.63) is 0 Å². The maximum absolute atomic E-state index is 10.8. The van der Waals surface area contributed by atoms with E-state index in [0.717, 1.165) is 64.5 Å². The predicted molar refractivity (Wildman–Crippen MR) is 175 cm³/mol. The van der Waals surface area contributed by atoms with Crippen LogP contribution in [0.15, 0.2) is 0 Å². The molecule has 2 heterocycles. The van der Waals surface area contributed by atoms with E-state index in [9.17, 15) is 10.2 Å². The van der Waals surface area contributed by atoms with Crippen molar-refractivity contribution in [2.24, 2.45) is 0 Å². The molecule has 0 aromatic rings. The fraction of sp³-hybridized carbons (Fsp3) is 1.00. The Labute approximate surface area is 259 Å². The second-order valence-electron chi connectivity index (χ2n) is 16.1. The average Bonchev–Trinajstić information content (AvgIpc) is 2.82. The Kier molecular flexibility index (Phi) is 15.2. The van der Waals surface area contributed by atoms with Crippen LogP contribution in [0.4, 0.5) is 0 Å². The first-order valence-corrected chi connectivity index (χ1v) is 17.0. The number of aliphatic hydroxyl groups excluding tert-OH is 2. The zero-order chi connectivity index (χ0) is 31.6. The molecule has 0 aliphatic carbocycles. The lowest BCUT2D eigenvalue weighted by Gasteiger charge is -2.50. The van der Waals surface area contributed by atoms with Crippen molar-refractivity contribution in [3.63, 3.8) is 0 Å². The van der Waals surface area contributed by atoms with Gasteiger partial charge in [0.05, 0.1) is 38.6 Å². The summed E-state index contributed by atoms with van der Waals surface area (Å²) in [5.74, 6) is 0. The van der Waals surface area contributed by atoms with Crippen molar-refractivity contribution in [3.8, 4) is 0 Å². The van der Waals surface area contributed by atoms with Gasteiger partial charge in [0.15, 0.2) is 0 Å². The summed E-state index contributed by atoms with van der Waals surface area (Å²) in [4.78, 5) is 4.98. The van der Waals surface area contributed by atoms with Gasteiger partial charge in [-0.15, -0.1) is 0 Å². The second kappa shape index (κ2) is 16.8. The van der Waals surface area contributed by atoms with Crippen LogP contribution in [0, 0.1) is 0 Å². The number of hydrogen-bond donors (Lipinski definition) is 4. The number of ether oxygens (including phenoxy) is 2. The minimum absolute atomic E-state index is 0.0774. The average molecular weight is 599 g/mol. The molecule has 2 rings (SSSR count). The Hall–Kier alpha value is -0.320. The molecule has 0 spiro atoms. The van der Waals surface area contributed by atoms with Gasteiger partial charge in [-0.25, -0.2) is 0 Å². The number of hydrogen-bond acceptors (Lipinski definition) is 8. The van der Waals surface area contributed by atoms with Gasteiger partial charge in [0, 0.05) is 47.3 Å². The highest BCUT2D eigenvalue weighted by atomic mass is 16.5. The minimum atomic E-state index is -0.529. The van der Waals surface area contributed by atoms with Gasteiger partial charge in [0.2, 0.25) is 0 Å². The van der Waals surface area contributed by atoms with Gasteiger partial charge in [-0.05, 0) is 107 Å². The van der Waals surface area contributed by atoms with Crippen LogP contribution >= 0.6 is 0 Å². The summed E-state index contributed by atoms with van der Waals surface area (Å²) >= 11 is 0. The molecule has 0 aromatic heterocycles. The third-order valence-corrected chi connectivity index (χ3v) is 8.85. The number of nitrogens with zero attached hydrogens (tertiary/aromatic N) is 2. The van der Waals surface area contributed by atoms with Gasteiger partial charge in [-0.3, -0.25) is 9.80 Å². The van der Waals surface area contributed by atoms with Crippen molar-refractivity contribution < 1.29 is 19.7 Å². The number of unbranched alkanes of at least 4 members (excludes halogenated alkanes) is 2. The van der Waals surface area contributed by atoms with Crippen LogP contribution in [-0.4, -0.2) is 119 Å². The fourth-order valence-electron chi connectivity index (χ4n) is 7.82. The Morgan fingerprint density at radius 1 is 0.619 bits per heavy atom. The molecule has 8 heteroatoms. The molecule has 0 radical (unpaired) electrons. The fourth-order valence-corrected chi connectivity index (χ4v) is 7.82. The van der Waals surface area contributed by atoms with Crippen molar-refractivity contribution >= 4 is 0 Å². The maximum atomic E-state index is 10.8. The zero-order valence-corrected chi connectivity index (χ0v) is 29.2. The molecule has 0 bridgehead atoms. The molecule has 2 aliphatic rings. The molecule has 2 saturated heterocycles. The van der Waals surface area contributed by atoms with Crippen molar-refractivity contribution in [1.29, 1.82) is 0 Å². The third-order valence-electron chi connectivity index (χ3n) is 8.85. The van der Waals surface area contributed by atoms with Crippen LogP contribution in [0.2, 0.25) is 0 Å². The van der Waals surface area contributed by atoms with E-state index in [1.807, 2.05) is 0 Å². The summed E-state index contributed by atoms with van der Waals surface area (Å²) in [6, 6.07) is 0.891.